The Labute approximate surface area is 223 Å². The maximum absolute atomic E-state index is 13.5. The SMILES string of the molecule is CC(C(=O)NC1CCCC1)N(Cc1ccc(Br)cc1)C(=O)CN(c1ccc(I)cc1)S(C)(=O)=O. The summed E-state index contributed by atoms with van der Waals surface area (Å²) in [6.07, 6.45) is 5.12. The molecule has 0 spiro atoms. The van der Waals surface area contributed by atoms with E-state index in [1.807, 2.05) is 24.3 Å². The number of nitrogens with zero attached hydrogens (tertiary/aromatic N) is 2. The average molecular weight is 662 g/mol. The number of amides is 2. The molecule has 1 fully saturated rings. The van der Waals surface area contributed by atoms with E-state index in [0.717, 1.165) is 49.9 Å². The third-order valence-electron chi connectivity index (χ3n) is 5.93. The fraction of sp³-hybridized carbons (Fsp3) is 0.417. The van der Waals surface area contributed by atoms with Gasteiger partial charge < -0.3 is 10.2 Å². The molecular weight excluding hydrogens is 633 g/mol. The van der Waals surface area contributed by atoms with Crippen molar-refractivity contribution in [2.24, 2.45) is 0 Å². The molecular formula is C24H29BrIN3O4S. The van der Waals surface area contributed by atoms with Crippen molar-refractivity contribution in [2.45, 2.75) is 51.2 Å². The number of nitrogens with one attached hydrogen (secondary N) is 1. The lowest BCUT2D eigenvalue weighted by atomic mass is 10.1. The van der Waals surface area contributed by atoms with Gasteiger partial charge in [-0.15, -0.1) is 0 Å². The Hall–Kier alpha value is -1.66. The third kappa shape index (κ3) is 7.42. The molecule has 1 aliphatic carbocycles. The smallest absolute Gasteiger partial charge is 0.244 e. The lowest BCUT2D eigenvalue weighted by Gasteiger charge is -2.32. The summed E-state index contributed by atoms with van der Waals surface area (Å²) in [5.74, 6) is -0.668. The van der Waals surface area contributed by atoms with Gasteiger partial charge in [0.15, 0.2) is 0 Å². The fourth-order valence-corrected chi connectivity index (χ4v) is 5.46. The summed E-state index contributed by atoms with van der Waals surface area (Å²) in [7, 11) is -3.73. The minimum absolute atomic E-state index is 0.124. The van der Waals surface area contributed by atoms with Gasteiger partial charge in [0.2, 0.25) is 21.8 Å². The summed E-state index contributed by atoms with van der Waals surface area (Å²) >= 11 is 5.55. The third-order valence-corrected chi connectivity index (χ3v) is 8.32. The van der Waals surface area contributed by atoms with Crippen LogP contribution >= 0.6 is 38.5 Å². The molecule has 0 heterocycles. The maximum Gasteiger partial charge on any atom is 0.244 e. The number of carbonyl (C=O) groups is 2. The number of benzene rings is 2. The van der Waals surface area contributed by atoms with Crippen LogP contribution in [0, 0.1) is 3.57 Å². The summed E-state index contributed by atoms with van der Waals surface area (Å²) in [6, 6.07) is 13.8. The highest BCUT2D eigenvalue weighted by molar-refractivity contribution is 14.1. The van der Waals surface area contributed by atoms with Crippen molar-refractivity contribution < 1.29 is 18.0 Å². The minimum atomic E-state index is -3.73. The van der Waals surface area contributed by atoms with E-state index in [9.17, 15) is 18.0 Å². The van der Waals surface area contributed by atoms with Crippen molar-refractivity contribution >= 4 is 66.0 Å². The van der Waals surface area contributed by atoms with Crippen molar-refractivity contribution in [3.05, 3.63) is 62.1 Å². The predicted molar refractivity (Wildman–Crippen MR) is 146 cm³/mol. The van der Waals surface area contributed by atoms with Crippen LogP contribution in [0.4, 0.5) is 5.69 Å². The van der Waals surface area contributed by atoms with Crippen molar-refractivity contribution in [3.8, 4) is 0 Å². The van der Waals surface area contributed by atoms with E-state index in [0.29, 0.717) is 5.69 Å². The Morgan fingerprint density at radius 3 is 2.24 bits per heavy atom. The van der Waals surface area contributed by atoms with Gasteiger partial charge in [0.1, 0.15) is 12.6 Å². The van der Waals surface area contributed by atoms with Gasteiger partial charge in [-0.3, -0.25) is 13.9 Å². The quantitative estimate of drug-likeness (QED) is 0.406. The first-order valence-electron chi connectivity index (χ1n) is 11.1. The van der Waals surface area contributed by atoms with Crippen LogP contribution in [0.1, 0.15) is 38.2 Å². The molecule has 1 N–H and O–H groups in total. The number of anilines is 1. The zero-order valence-corrected chi connectivity index (χ0v) is 23.8. The van der Waals surface area contributed by atoms with Crippen LogP contribution in [0.2, 0.25) is 0 Å². The number of carbonyl (C=O) groups excluding carboxylic acids is 2. The van der Waals surface area contributed by atoms with Gasteiger partial charge in [0.25, 0.3) is 0 Å². The normalized spacial score (nSPS) is 15.1. The van der Waals surface area contributed by atoms with E-state index in [1.54, 1.807) is 31.2 Å². The molecule has 0 radical (unpaired) electrons. The van der Waals surface area contributed by atoms with Gasteiger partial charge in [-0.05, 0) is 84.3 Å². The fourth-order valence-electron chi connectivity index (χ4n) is 3.98. The van der Waals surface area contributed by atoms with Crippen LogP contribution in [0.5, 0.6) is 0 Å². The Morgan fingerprint density at radius 1 is 1.09 bits per heavy atom. The largest absolute Gasteiger partial charge is 0.352 e. The van der Waals surface area contributed by atoms with Crippen LogP contribution in [-0.4, -0.2) is 50.0 Å². The summed E-state index contributed by atoms with van der Waals surface area (Å²) in [5, 5.41) is 3.06. The lowest BCUT2D eigenvalue weighted by Crippen LogP contribution is -2.52. The molecule has 0 aromatic heterocycles. The molecule has 2 aromatic carbocycles. The van der Waals surface area contributed by atoms with Gasteiger partial charge in [0.05, 0.1) is 11.9 Å². The second kappa shape index (κ2) is 11.9. The number of hydrogen-bond donors (Lipinski definition) is 1. The van der Waals surface area contributed by atoms with E-state index in [2.05, 4.69) is 43.8 Å². The second-order valence-electron chi connectivity index (χ2n) is 8.56. The van der Waals surface area contributed by atoms with Crippen LogP contribution in [0.3, 0.4) is 0 Å². The summed E-state index contributed by atoms with van der Waals surface area (Å²) in [6.45, 7) is 1.49. The van der Waals surface area contributed by atoms with Crippen LogP contribution in [-0.2, 0) is 26.2 Å². The molecule has 3 rings (SSSR count). The highest BCUT2D eigenvalue weighted by Gasteiger charge is 2.31. The minimum Gasteiger partial charge on any atom is -0.352 e. The molecule has 1 unspecified atom stereocenters. The van der Waals surface area contributed by atoms with Crippen molar-refractivity contribution in [1.82, 2.24) is 10.2 Å². The molecule has 1 aliphatic rings. The Balaban J connectivity index is 1.86. The van der Waals surface area contributed by atoms with Gasteiger partial charge in [0, 0.05) is 20.6 Å². The number of hydrogen-bond acceptors (Lipinski definition) is 4. The number of sulfonamides is 1. The summed E-state index contributed by atoms with van der Waals surface area (Å²) < 4.78 is 28.1. The Kier molecular flexibility index (Phi) is 9.39. The summed E-state index contributed by atoms with van der Waals surface area (Å²) in [4.78, 5) is 28.0. The van der Waals surface area contributed by atoms with Crippen LogP contribution < -0.4 is 9.62 Å². The average Bonchev–Trinajstić information content (AvgIpc) is 3.29. The van der Waals surface area contributed by atoms with Gasteiger partial charge in [-0.2, -0.15) is 0 Å². The topological polar surface area (TPSA) is 86.8 Å². The molecule has 2 amide bonds. The first kappa shape index (κ1) is 26.9. The molecule has 34 heavy (non-hydrogen) atoms. The van der Waals surface area contributed by atoms with Gasteiger partial charge in [-0.1, -0.05) is 40.9 Å². The molecule has 2 aromatic rings. The molecule has 1 saturated carbocycles. The van der Waals surface area contributed by atoms with Crippen molar-refractivity contribution in [3.63, 3.8) is 0 Å². The molecule has 1 atom stereocenters. The molecule has 10 heteroatoms. The lowest BCUT2D eigenvalue weighted by molar-refractivity contribution is -0.139. The predicted octanol–water partition coefficient (Wildman–Crippen LogP) is 4.30. The van der Waals surface area contributed by atoms with Gasteiger partial charge in [-0.25, -0.2) is 8.42 Å². The van der Waals surface area contributed by atoms with E-state index < -0.39 is 28.5 Å². The summed E-state index contributed by atoms with van der Waals surface area (Å²) in [5.41, 5.74) is 1.25. The zero-order chi connectivity index (χ0) is 24.9. The highest BCUT2D eigenvalue weighted by Crippen LogP contribution is 2.22. The Bertz CT molecular complexity index is 1100. The second-order valence-corrected chi connectivity index (χ2v) is 12.6. The molecule has 0 bridgehead atoms. The molecule has 7 nitrogen and oxygen atoms in total. The first-order valence-corrected chi connectivity index (χ1v) is 14.8. The maximum atomic E-state index is 13.5. The monoisotopic (exact) mass is 661 g/mol. The van der Waals surface area contributed by atoms with E-state index in [1.165, 1.54) is 4.90 Å². The van der Waals surface area contributed by atoms with Crippen molar-refractivity contribution in [2.75, 3.05) is 17.1 Å². The van der Waals surface area contributed by atoms with Crippen LogP contribution in [0.25, 0.3) is 0 Å². The number of rotatable bonds is 9. The van der Waals surface area contributed by atoms with Crippen molar-refractivity contribution in [1.29, 1.82) is 0 Å². The van der Waals surface area contributed by atoms with E-state index in [4.69, 9.17) is 0 Å². The molecule has 0 aliphatic heterocycles. The van der Waals surface area contributed by atoms with E-state index >= 15 is 0 Å². The van der Waals surface area contributed by atoms with E-state index in [-0.39, 0.29) is 18.5 Å². The Morgan fingerprint density at radius 2 is 1.68 bits per heavy atom. The molecule has 0 saturated heterocycles. The zero-order valence-electron chi connectivity index (χ0n) is 19.2. The number of halogens is 2. The molecule has 184 valence electrons. The van der Waals surface area contributed by atoms with Gasteiger partial charge >= 0.3 is 0 Å². The first-order chi connectivity index (χ1) is 16.0. The van der Waals surface area contributed by atoms with Crippen LogP contribution in [0.15, 0.2) is 53.0 Å². The highest BCUT2D eigenvalue weighted by atomic mass is 127. The standard InChI is InChI=1S/C24H29BrIN3O4S/c1-17(24(31)27-21-5-3-4-6-21)28(15-18-7-9-19(25)10-8-18)23(30)16-29(34(2,32)33)22-13-11-20(26)12-14-22/h7-14,17,21H,3-6,15-16H2,1-2H3,(H,27,31).